The zero-order chi connectivity index (χ0) is 36.0. The van der Waals surface area contributed by atoms with Gasteiger partial charge in [-0.15, -0.1) is 0 Å². The summed E-state index contributed by atoms with van der Waals surface area (Å²) >= 11 is 0. The molecule has 7 N–H and O–H groups in total. The van der Waals surface area contributed by atoms with Crippen molar-refractivity contribution in [2.24, 2.45) is 0 Å². The summed E-state index contributed by atoms with van der Waals surface area (Å²) in [5.74, 6) is -1.38. The van der Waals surface area contributed by atoms with Gasteiger partial charge in [0.05, 0.1) is 11.6 Å². The average Bonchev–Trinajstić information content (AvgIpc) is 3.62. The first-order valence-electron chi connectivity index (χ1n) is 16.7. The topological polar surface area (TPSA) is 184 Å². The Kier molecular flexibility index (Phi) is 10.7. The number of ether oxygens (including phenoxy) is 1. The van der Waals surface area contributed by atoms with Crippen LogP contribution in [0.2, 0.25) is 0 Å². The van der Waals surface area contributed by atoms with Crippen LogP contribution in [0.3, 0.4) is 0 Å². The minimum atomic E-state index is -2.27. The Balaban J connectivity index is 0.944. The van der Waals surface area contributed by atoms with Crippen LogP contribution in [0.25, 0.3) is 10.9 Å². The molecular formula is C39H40N4O8. The Hall–Kier alpha value is -5.69. The van der Waals surface area contributed by atoms with E-state index < -0.39 is 17.7 Å². The number of nitrogens with zero attached hydrogens (tertiary/aromatic N) is 1. The number of amides is 1. The molecule has 264 valence electrons. The number of aromatic hydroxyl groups is 1. The lowest BCUT2D eigenvalue weighted by Gasteiger charge is -2.25. The number of carboxylic acids is 1. The Bertz CT molecular complexity index is 2050. The van der Waals surface area contributed by atoms with E-state index in [-0.39, 0.29) is 46.7 Å². The third-order valence-electron chi connectivity index (χ3n) is 9.17. The Morgan fingerprint density at radius 1 is 0.961 bits per heavy atom. The summed E-state index contributed by atoms with van der Waals surface area (Å²) in [5.41, 5.74) is 0.708. The summed E-state index contributed by atoms with van der Waals surface area (Å²) in [6, 6.07) is 28.5. The van der Waals surface area contributed by atoms with E-state index >= 15 is 0 Å². The standard InChI is InChI=1S/C39H40N4O8/c44-33-15-13-31(32-14-16-35(46)42-37(32)33)34(45)22-40-19-17-25-9-11-28(12-10-25)41-29-18-20-43(23-29)36(47)24-51-30-8-4-7-27(21-30)39(50,38(48)49)26-5-2-1-3-6-26/h1-16,21,29,34,40-41,44-45,50H,17-20,22-24H2,(H,42,46)(H,48,49)/t29-,34-,39-/m0/s1. The van der Waals surface area contributed by atoms with E-state index in [0.29, 0.717) is 42.6 Å². The molecule has 5 aromatic rings. The zero-order valence-electron chi connectivity index (χ0n) is 27.8. The van der Waals surface area contributed by atoms with Crippen LogP contribution in [0, 0.1) is 0 Å². The lowest BCUT2D eigenvalue weighted by Crippen LogP contribution is -2.37. The Morgan fingerprint density at radius 3 is 2.49 bits per heavy atom. The van der Waals surface area contributed by atoms with Crippen molar-refractivity contribution in [3.8, 4) is 11.5 Å². The molecule has 6 rings (SSSR count). The van der Waals surface area contributed by atoms with Gasteiger partial charge in [0.15, 0.2) is 6.61 Å². The third-order valence-corrected chi connectivity index (χ3v) is 9.17. The summed E-state index contributed by atoms with van der Waals surface area (Å²) < 4.78 is 5.74. The molecule has 1 aliphatic rings. The smallest absolute Gasteiger partial charge is 0.345 e. The molecule has 0 unspecified atom stereocenters. The van der Waals surface area contributed by atoms with Crippen molar-refractivity contribution in [2.75, 3.05) is 38.1 Å². The first kappa shape index (κ1) is 35.1. The number of carbonyl (C=O) groups is 2. The Morgan fingerprint density at radius 2 is 1.73 bits per heavy atom. The minimum Gasteiger partial charge on any atom is -0.506 e. The summed E-state index contributed by atoms with van der Waals surface area (Å²) in [7, 11) is 0. The number of aliphatic hydroxyl groups excluding tert-OH is 1. The van der Waals surface area contributed by atoms with Gasteiger partial charge in [0.1, 0.15) is 11.5 Å². The van der Waals surface area contributed by atoms with Gasteiger partial charge in [-0.05, 0) is 72.5 Å². The number of benzene rings is 4. The number of aliphatic hydroxyl groups is 2. The van der Waals surface area contributed by atoms with Crippen LogP contribution >= 0.6 is 0 Å². The normalized spacial score (nSPS) is 16.0. The number of hydrogen-bond acceptors (Lipinski definition) is 9. The lowest BCUT2D eigenvalue weighted by atomic mass is 9.86. The summed E-state index contributed by atoms with van der Waals surface area (Å²) in [6.45, 7) is 1.79. The maximum atomic E-state index is 13.0. The predicted molar refractivity (Wildman–Crippen MR) is 192 cm³/mol. The maximum Gasteiger partial charge on any atom is 0.345 e. The second-order valence-electron chi connectivity index (χ2n) is 12.6. The molecule has 3 atom stereocenters. The van der Waals surface area contributed by atoms with E-state index in [9.17, 15) is 34.8 Å². The highest BCUT2D eigenvalue weighted by Crippen LogP contribution is 2.32. The number of aromatic nitrogens is 1. The number of likely N-dealkylation sites (tertiary alicyclic amines) is 1. The highest BCUT2D eigenvalue weighted by Gasteiger charge is 2.40. The molecule has 1 aliphatic heterocycles. The van der Waals surface area contributed by atoms with Gasteiger partial charge in [0.25, 0.3) is 5.91 Å². The number of anilines is 1. The number of hydrogen-bond donors (Lipinski definition) is 7. The van der Waals surface area contributed by atoms with Crippen molar-refractivity contribution in [3.05, 3.63) is 136 Å². The van der Waals surface area contributed by atoms with Crippen molar-refractivity contribution in [2.45, 2.75) is 30.6 Å². The van der Waals surface area contributed by atoms with Gasteiger partial charge in [-0.25, -0.2) is 4.79 Å². The molecule has 0 spiro atoms. The number of pyridine rings is 1. The quantitative estimate of drug-likeness (QED) is 0.0850. The van der Waals surface area contributed by atoms with Gasteiger partial charge in [0, 0.05) is 48.4 Å². The lowest BCUT2D eigenvalue weighted by molar-refractivity contribution is -0.155. The van der Waals surface area contributed by atoms with Crippen LogP contribution in [0.1, 0.15) is 34.8 Å². The molecule has 1 saturated heterocycles. The average molecular weight is 693 g/mol. The number of nitrogens with one attached hydrogen (secondary N) is 3. The van der Waals surface area contributed by atoms with E-state index in [1.54, 1.807) is 59.5 Å². The summed E-state index contributed by atoms with van der Waals surface area (Å²) in [4.78, 5) is 41.1. The molecule has 2 heterocycles. The van der Waals surface area contributed by atoms with Crippen molar-refractivity contribution in [1.29, 1.82) is 0 Å². The molecule has 51 heavy (non-hydrogen) atoms. The molecule has 12 heteroatoms. The molecule has 0 radical (unpaired) electrons. The van der Waals surface area contributed by atoms with Crippen LogP contribution < -0.4 is 20.9 Å². The van der Waals surface area contributed by atoms with Crippen LogP contribution in [-0.4, -0.2) is 81.0 Å². The molecule has 0 saturated carbocycles. The first-order valence-corrected chi connectivity index (χ1v) is 16.7. The second-order valence-corrected chi connectivity index (χ2v) is 12.6. The Labute approximate surface area is 294 Å². The zero-order valence-corrected chi connectivity index (χ0v) is 27.8. The van der Waals surface area contributed by atoms with Gasteiger partial charge in [-0.2, -0.15) is 0 Å². The summed E-state index contributed by atoms with van der Waals surface area (Å²) in [6.07, 6.45) is 0.684. The van der Waals surface area contributed by atoms with E-state index in [2.05, 4.69) is 15.6 Å². The molecule has 12 nitrogen and oxygen atoms in total. The largest absolute Gasteiger partial charge is 0.506 e. The molecular weight excluding hydrogens is 652 g/mol. The number of phenols is 1. The number of phenolic OH excluding ortho intramolecular Hbond substituents is 1. The van der Waals surface area contributed by atoms with E-state index in [1.165, 1.54) is 24.3 Å². The number of carbonyl (C=O) groups excluding carboxylic acids is 1. The highest BCUT2D eigenvalue weighted by atomic mass is 16.5. The number of aromatic amines is 1. The van der Waals surface area contributed by atoms with Gasteiger partial charge < -0.3 is 45.7 Å². The number of fused-ring (bicyclic) bond motifs is 1. The molecule has 1 aromatic heterocycles. The van der Waals surface area contributed by atoms with Gasteiger partial charge >= 0.3 is 5.97 Å². The second kappa shape index (κ2) is 15.5. The minimum absolute atomic E-state index is 0.0484. The van der Waals surface area contributed by atoms with Crippen LogP contribution in [-0.2, 0) is 21.6 Å². The maximum absolute atomic E-state index is 13.0. The molecule has 4 aromatic carbocycles. The van der Waals surface area contributed by atoms with Crippen LogP contribution in [0.5, 0.6) is 11.5 Å². The molecule has 0 aliphatic carbocycles. The van der Waals surface area contributed by atoms with E-state index in [1.807, 2.05) is 24.3 Å². The summed E-state index contributed by atoms with van der Waals surface area (Å²) in [5, 5.41) is 49.2. The van der Waals surface area contributed by atoms with Gasteiger partial charge in [0.2, 0.25) is 11.2 Å². The fourth-order valence-electron chi connectivity index (χ4n) is 6.38. The highest BCUT2D eigenvalue weighted by molar-refractivity contribution is 5.87. The van der Waals surface area contributed by atoms with Crippen molar-refractivity contribution >= 4 is 28.5 Å². The van der Waals surface area contributed by atoms with Crippen LogP contribution in [0.4, 0.5) is 5.69 Å². The number of aliphatic carboxylic acids is 1. The van der Waals surface area contributed by atoms with Crippen LogP contribution in [0.15, 0.2) is 108 Å². The van der Waals surface area contributed by atoms with Crippen molar-refractivity contribution in [1.82, 2.24) is 15.2 Å². The third kappa shape index (κ3) is 8.04. The van der Waals surface area contributed by atoms with Crippen molar-refractivity contribution < 1.29 is 34.8 Å². The molecule has 0 bridgehead atoms. The van der Waals surface area contributed by atoms with E-state index in [0.717, 1.165) is 24.1 Å². The molecule has 1 amide bonds. The van der Waals surface area contributed by atoms with Gasteiger partial charge in [-0.1, -0.05) is 60.7 Å². The monoisotopic (exact) mass is 692 g/mol. The number of H-pyrrole nitrogens is 1. The van der Waals surface area contributed by atoms with Crippen molar-refractivity contribution in [3.63, 3.8) is 0 Å². The SMILES string of the molecule is O=C(COc1cccc([C@](O)(C(=O)O)c2ccccc2)c1)N1CC[C@H](Nc2ccc(CCNC[C@H](O)c3ccc(O)c4[nH]c(=O)ccc34)cc2)C1. The number of carboxylic acid groups (broad SMARTS) is 1. The van der Waals surface area contributed by atoms with Gasteiger partial charge in [-0.3, -0.25) is 9.59 Å². The molecule has 1 fully saturated rings. The fraction of sp³-hybridized carbons (Fsp3) is 0.256. The number of rotatable bonds is 14. The predicted octanol–water partition coefficient (Wildman–Crippen LogP) is 3.51. The van der Waals surface area contributed by atoms with E-state index in [4.69, 9.17) is 4.74 Å². The first-order chi connectivity index (χ1) is 24.6. The fourth-order valence-corrected chi connectivity index (χ4v) is 6.38.